The van der Waals surface area contributed by atoms with Gasteiger partial charge in [-0.05, 0) is 19.4 Å². The van der Waals surface area contributed by atoms with E-state index in [1.165, 1.54) is 16.7 Å². The lowest BCUT2D eigenvalue weighted by Gasteiger charge is -2.09. The number of rotatable bonds is 2. The summed E-state index contributed by atoms with van der Waals surface area (Å²) in [6.07, 6.45) is 1.11. The largest absolute Gasteiger partial charge is 0.351 e. The van der Waals surface area contributed by atoms with Crippen LogP contribution in [0.15, 0.2) is 18.2 Å². The Morgan fingerprint density at radius 3 is 2.50 bits per heavy atom. The van der Waals surface area contributed by atoms with Gasteiger partial charge in [-0.3, -0.25) is 0 Å². The molecule has 1 nitrogen and oxygen atoms in total. The summed E-state index contributed by atoms with van der Waals surface area (Å²) in [6, 6.07) is 7.04. The molecule has 66 valence electrons. The van der Waals surface area contributed by atoms with Crippen molar-refractivity contribution in [2.24, 2.45) is 0 Å². The first-order valence-corrected chi connectivity index (χ1v) is 4.55. The smallest absolute Gasteiger partial charge is 0.110 e. The van der Waals surface area contributed by atoms with Gasteiger partial charge in [0.15, 0.2) is 0 Å². The van der Waals surface area contributed by atoms with Crippen LogP contribution in [-0.4, -0.2) is 0 Å². The molecule has 0 aliphatic heterocycles. The lowest BCUT2D eigenvalue weighted by Crippen LogP contribution is -2.53. The fraction of sp³-hybridized carbons (Fsp3) is 0.455. The Bertz CT molecular complexity index is 266. The summed E-state index contributed by atoms with van der Waals surface area (Å²) >= 11 is 0. The van der Waals surface area contributed by atoms with Gasteiger partial charge in [0.1, 0.15) is 6.04 Å². The van der Waals surface area contributed by atoms with Crippen LogP contribution in [0.4, 0.5) is 0 Å². The van der Waals surface area contributed by atoms with E-state index in [1.807, 2.05) is 0 Å². The Kier molecular flexibility index (Phi) is 2.88. The van der Waals surface area contributed by atoms with Crippen LogP contribution >= 0.6 is 0 Å². The number of hydrogen-bond donors (Lipinski definition) is 1. The molecule has 0 bridgehead atoms. The van der Waals surface area contributed by atoms with Crippen molar-refractivity contribution >= 4 is 0 Å². The molecule has 0 amide bonds. The van der Waals surface area contributed by atoms with Crippen molar-refractivity contribution in [1.82, 2.24) is 0 Å². The molecule has 1 rings (SSSR count). The minimum Gasteiger partial charge on any atom is -0.351 e. The van der Waals surface area contributed by atoms with Gasteiger partial charge in [-0.1, -0.05) is 30.7 Å². The maximum Gasteiger partial charge on any atom is 0.110 e. The molecule has 0 spiro atoms. The monoisotopic (exact) mass is 164 g/mol. The van der Waals surface area contributed by atoms with Crippen molar-refractivity contribution in [1.29, 1.82) is 0 Å². The summed E-state index contributed by atoms with van der Waals surface area (Å²) in [5.41, 5.74) is 8.21. The molecule has 1 aromatic rings. The van der Waals surface area contributed by atoms with Gasteiger partial charge in [-0.2, -0.15) is 0 Å². The van der Waals surface area contributed by atoms with Crippen molar-refractivity contribution in [2.45, 2.75) is 33.2 Å². The quantitative estimate of drug-likeness (QED) is 0.692. The van der Waals surface area contributed by atoms with E-state index in [-0.39, 0.29) is 0 Å². The van der Waals surface area contributed by atoms with Crippen molar-refractivity contribution in [2.75, 3.05) is 0 Å². The Morgan fingerprint density at radius 1 is 1.33 bits per heavy atom. The highest BCUT2D eigenvalue weighted by atomic mass is 14.6. The Labute approximate surface area is 74.6 Å². The Morgan fingerprint density at radius 2 is 2.00 bits per heavy atom. The highest BCUT2D eigenvalue weighted by molar-refractivity contribution is 5.31. The fourth-order valence-corrected chi connectivity index (χ4v) is 1.50. The van der Waals surface area contributed by atoms with Gasteiger partial charge >= 0.3 is 0 Å². The van der Waals surface area contributed by atoms with Gasteiger partial charge in [0.25, 0.3) is 0 Å². The van der Waals surface area contributed by atoms with Crippen LogP contribution < -0.4 is 5.73 Å². The van der Waals surface area contributed by atoms with Crippen LogP contribution in [0.3, 0.4) is 0 Å². The average Bonchev–Trinajstić information content (AvgIpc) is 2.03. The molecular weight excluding hydrogens is 146 g/mol. The first-order valence-electron chi connectivity index (χ1n) is 4.55. The zero-order valence-electron chi connectivity index (χ0n) is 8.22. The summed E-state index contributed by atoms with van der Waals surface area (Å²) < 4.78 is 0. The maximum absolute atomic E-state index is 4.12. The third-order valence-corrected chi connectivity index (χ3v) is 2.36. The van der Waals surface area contributed by atoms with E-state index in [0.29, 0.717) is 6.04 Å². The molecule has 0 unspecified atom stereocenters. The Balaban J connectivity index is 3.01. The molecule has 0 heterocycles. The van der Waals surface area contributed by atoms with E-state index in [2.05, 4.69) is 44.7 Å². The van der Waals surface area contributed by atoms with Crippen LogP contribution in [0.1, 0.15) is 36.1 Å². The van der Waals surface area contributed by atoms with Crippen molar-refractivity contribution in [3.63, 3.8) is 0 Å². The molecule has 0 fully saturated rings. The van der Waals surface area contributed by atoms with E-state index in [1.54, 1.807) is 0 Å². The van der Waals surface area contributed by atoms with Crippen LogP contribution in [-0.2, 0) is 0 Å². The van der Waals surface area contributed by atoms with Gasteiger partial charge in [0.2, 0.25) is 0 Å². The van der Waals surface area contributed by atoms with Crippen molar-refractivity contribution in [3.8, 4) is 0 Å². The first-order chi connectivity index (χ1) is 5.65. The summed E-state index contributed by atoms with van der Waals surface area (Å²) in [6.45, 7) is 6.47. The van der Waals surface area contributed by atoms with Crippen LogP contribution in [0.2, 0.25) is 0 Å². The predicted octanol–water partition coefficient (Wildman–Crippen LogP) is 2.00. The zero-order chi connectivity index (χ0) is 9.14. The molecule has 0 aliphatic rings. The second-order valence-electron chi connectivity index (χ2n) is 3.47. The molecule has 0 saturated carbocycles. The second-order valence-corrected chi connectivity index (χ2v) is 3.47. The van der Waals surface area contributed by atoms with Gasteiger partial charge < -0.3 is 5.73 Å². The molecule has 12 heavy (non-hydrogen) atoms. The lowest BCUT2D eigenvalue weighted by atomic mass is 9.98. The second kappa shape index (κ2) is 3.72. The molecule has 1 aromatic carbocycles. The fourth-order valence-electron chi connectivity index (χ4n) is 1.50. The normalized spacial score (nSPS) is 13.0. The molecule has 1 heteroatoms. The standard InChI is InChI=1S/C11H17N/c1-4-11(12)10-6-5-8(2)7-9(10)3/h5-7,11H,4,12H2,1-3H3/p+1/t11-/m0/s1. The molecule has 0 saturated heterocycles. The van der Waals surface area contributed by atoms with Crippen LogP contribution in [0.5, 0.6) is 0 Å². The minimum atomic E-state index is 0.450. The summed E-state index contributed by atoms with van der Waals surface area (Å²) in [5.74, 6) is 0. The van der Waals surface area contributed by atoms with Crippen molar-refractivity contribution in [3.05, 3.63) is 34.9 Å². The summed E-state index contributed by atoms with van der Waals surface area (Å²) in [4.78, 5) is 0. The van der Waals surface area contributed by atoms with Crippen LogP contribution in [0, 0.1) is 13.8 Å². The molecule has 0 aromatic heterocycles. The maximum atomic E-state index is 4.12. The lowest BCUT2D eigenvalue weighted by molar-refractivity contribution is -0.427. The minimum absolute atomic E-state index is 0.450. The third-order valence-electron chi connectivity index (χ3n) is 2.36. The highest BCUT2D eigenvalue weighted by Gasteiger charge is 2.08. The average molecular weight is 164 g/mol. The highest BCUT2D eigenvalue weighted by Crippen LogP contribution is 2.17. The number of aryl methyl sites for hydroxylation is 2. The van der Waals surface area contributed by atoms with Crippen molar-refractivity contribution < 1.29 is 5.73 Å². The van der Waals surface area contributed by atoms with Gasteiger partial charge in [0.05, 0.1) is 0 Å². The zero-order valence-corrected chi connectivity index (χ0v) is 8.22. The molecule has 1 atom stereocenters. The van der Waals surface area contributed by atoms with E-state index < -0.39 is 0 Å². The van der Waals surface area contributed by atoms with E-state index in [0.717, 1.165) is 6.42 Å². The molecule has 0 aliphatic carbocycles. The summed E-state index contributed by atoms with van der Waals surface area (Å²) in [5, 5.41) is 0. The number of benzene rings is 1. The number of hydrogen-bond acceptors (Lipinski definition) is 0. The van der Waals surface area contributed by atoms with E-state index in [9.17, 15) is 0 Å². The summed E-state index contributed by atoms with van der Waals surface area (Å²) in [7, 11) is 0. The molecular formula is C11H18N+. The van der Waals surface area contributed by atoms with Gasteiger partial charge in [0, 0.05) is 12.0 Å². The molecule has 0 radical (unpaired) electrons. The molecule has 3 N–H and O–H groups in total. The van der Waals surface area contributed by atoms with E-state index >= 15 is 0 Å². The van der Waals surface area contributed by atoms with Gasteiger partial charge in [-0.15, -0.1) is 0 Å². The van der Waals surface area contributed by atoms with E-state index in [4.69, 9.17) is 0 Å². The Hall–Kier alpha value is -0.820. The van der Waals surface area contributed by atoms with Gasteiger partial charge in [-0.25, -0.2) is 0 Å². The third kappa shape index (κ3) is 1.86. The first kappa shape index (κ1) is 9.27. The SMILES string of the molecule is CC[C@H]([NH3+])c1ccc(C)cc1C. The predicted molar refractivity (Wildman–Crippen MR) is 51.8 cm³/mol. The van der Waals surface area contributed by atoms with Crippen LogP contribution in [0.25, 0.3) is 0 Å². The topological polar surface area (TPSA) is 27.6 Å². The number of quaternary nitrogens is 1.